The molecule has 3 aliphatic rings. The molecule has 2 aromatic rings. The monoisotopic (exact) mass is 577 g/mol. The fourth-order valence-electron chi connectivity index (χ4n) is 6.15. The number of allylic oxidation sites excluding steroid dienone is 2. The van der Waals surface area contributed by atoms with Crippen LogP contribution in [0.4, 0.5) is 4.39 Å². The number of amides is 3. The van der Waals surface area contributed by atoms with E-state index < -0.39 is 11.5 Å². The third-order valence-corrected chi connectivity index (χ3v) is 8.76. The molecule has 3 atom stereocenters. The van der Waals surface area contributed by atoms with E-state index >= 15 is 0 Å². The number of carbonyl (C=O) groups excluding carboxylic acids is 3. The summed E-state index contributed by atoms with van der Waals surface area (Å²) in [6.07, 6.45) is 7.93. The molecule has 0 bridgehead atoms. The van der Waals surface area contributed by atoms with Crippen molar-refractivity contribution in [1.82, 2.24) is 15.5 Å². The smallest absolute Gasteiger partial charge is 0.243 e. The molecule has 3 aliphatic heterocycles. The molecule has 0 aliphatic carbocycles. The van der Waals surface area contributed by atoms with Crippen LogP contribution in [0.3, 0.4) is 0 Å². The zero-order chi connectivity index (χ0) is 29.4. The van der Waals surface area contributed by atoms with Gasteiger partial charge in [-0.1, -0.05) is 42.5 Å². The van der Waals surface area contributed by atoms with E-state index in [-0.39, 0.29) is 48.5 Å². The quantitative estimate of drug-likeness (QED) is 0.510. The molecule has 5 rings (SSSR count). The first-order valence-electron chi connectivity index (χ1n) is 15.0. The molecule has 2 N–H and O–H groups in total. The number of nitrogens with one attached hydrogen (secondary N) is 2. The maximum Gasteiger partial charge on any atom is 0.243 e. The Bertz CT molecular complexity index is 1250. The summed E-state index contributed by atoms with van der Waals surface area (Å²) in [6.45, 7) is 2.30. The molecular formula is C33H40FN3O5. The van der Waals surface area contributed by atoms with Gasteiger partial charge in [-0.3, -0.25) is 14.4 Å². The first kappa shape index (κ1) is 29.8. The van der Waals surface area contributed by atoms with Crippen LogP contribution in [-0.2, 0) is 25.5 Å². The molecule has 8 nitrogen and oxygen atoms in total. The Balaban J connectivity index is 1.28. The number of piperidine rings is 1. The normalized spacial score (nSPS) is 25.3. The van der Waals surface area contributed by atoms with Crippen LogP contribution in [-0.4, -0.2) is 67.6 Å². The number of hydrogen-bond donors (Lipinski definition) is 2. The van der Waals surface area contributed by atoms with Gasteiger partial charge < -0.3 is 25.0 Å². The predicted octanol–water partition coefficient (Wildman–Crippen LogP) is 3.80. The maximum absolute atomic E-state index is 13.7. The van der Waals surface area contributed by atoms with Crippen LogP contribution in [0, 0.1) is 17.2 Å². The zero-order valence-corrected chi connectivity index (χ0v) is 23.9. The highest BCUT2D eigenvalue weighted by molar-refractivity contribution is 5.90. The van der Waals surface area contributed by atoms with Crippen LogP contribution in [0.2, 0.25) is 0 Å². The van der Waals surface area contributed by atoms with Crippen molar-refractivity contribution >= 4 is 17.7 Å². The van der Waals surface area contributed by atoms with Gasteiger partial charge in [0.2, 0.25) is 17.7 Å². The summed E-state index contributed by atoms with van der Waals surface area (Å²) in [5, 5.41) is 6.36. The van der Waals surface area contributed by atoms with Crippen LogP contribution in [0.15, 0.2) is 66.7 Å². The molecule has 0 aromatic heterocycles. The molecule has 1 spiro atoms. The first-order valence-corrected chi connectivity index (χ1v) is 15.0. The molecule has 0 unspecified atom stereocenters. The molecule has 9 heteroatoms. The summed E-state index contributed by atoms with van der Waals surface area (Å²) in [5.41, 5.74) is 0.368. The molecule has 224 valence electrons. The number of nitrogens with zero attached hydrogens (tertiary/aromatic N) is 1. The zero-order valence-electron chi connectivity index (χ0n) is 23.9. The van der Waals surface area contributed by atoms with E-state index in [0.717, 1.165) is 5.56 Å². The Morgan fingerprint density at radius 2 is 1.79 bits per heavy atom. The fraction of sp³-hybridized carbons (Fsp3) is 0.485. The van der Waals surface area contributed by atoms with Gasteiger partial charge in [0.15, 0.2) is 0 Å². The lowest BCUT2D eigenvalue weighted by molar-refractivity contribution is -0.140. The highest BCUT2D eigenvalue weighted by Crippen LogP contribution is 2.36. The number of ether oxygens (including phenoxy) is 2. The van der Waals surface area contributed by atoms with E-state index in [1.807, 2.05) is 35.2 Å². The Hall–Kier alpha value is -3.72. The lowest BCUT2D eigenvalue weighted by atomic mass is 9.75. The van der Waals surface area contributed by atoms with E-state index in [0.29, 0.717) is 70.6 Å². The molecule has 0 radical (unpaired) electrons. The third kappa shape index (κ3) is 7.56. The summed E-state index contributed by atoms with van der Waals surface area (Å²) < 4.78 is 24.4. The maximum atomic E-state index is 13.7. The Kier molecular flexibility index (Phi) is 9.89. The van der Waals surface area contributed by atoms with Gasteiger partial charge in [-0.2, -0.15) is 0 Å². The number of benzene rings is 2. The van der Waals surface area contributed by atoms with Crippen LogP contribution in [0.5, 0.6) is 5.75 Å². The minimum Gasteiger partial charge on any atom is -0.493 e. The minimum absolute atomic E-state index is 0.00707. The van der Waals surface area contributed by atoms with Gasteiger partial charge in [0.25, 0.3) is 0 Å². The van der Waals surface area contributed by atoms with Gasteiger partial charge in [-0.05, 0) is 61.9 Å². The van der Waals surface area contributed by atoms with Crippen molar-refractivity contribution in [2.45, 2.75) is 57.0 Å². The van der Waals surface area contributed by atoms with Crippen molar-refractivity contribution < 1.29 is 28.2 Å². The Morgan fingerprint density at radius 3 is 2.55 bits per heavy atom. The fourth-order valence-corrected chi connectivity index (χ4v) is 6.15. The van der Waals surface area contributed by atoms with Crippen LogP contribution >= 0.6 is 0 Å². The average molecular weight is 578 g/mol. The van der Waals surface area contributed by atoms with Crippen LogP contribution in [0.1, 0.15) is 44.1 Å². The summed E-state index contributed by atoms with van der Waals surface area (Å²) in [4.78, 5) is 42.3. The topological polar surface area (TPSA) is 97.0 Å². The lowest BCUT2D eigenvalue weighted by Gasteiger charge is -2.40. The van der Waals surface area contributed by atoms with Crippen LogP contribution < -0.4 is 15.4 Å². The number of halogens is 1. The predicted molar refractivity (Wildman–Crippen MR) is 156 cm³/mol. The summed E-state index contributed by atoms with van der Waals surface area (Å²) in [7, 11) is 0. The molecule has 0 saturated carbocycles. The van der Waals surface area contributed by atoms with Crippen LogP contribution in [0.25, 0.3) is 0 Å². The van der Waals surface area contributed by atoms with Crippen molar-refractivity contribution in [3.63, 3.8) is 0 Å². The molecule has 2 aromatic carbocycles. The number of likely N-dealkylation sites (tertiary alicyclic amines) is 1. The van der Waals surface area contributed by atoms with Crippen molar-refractivity contribution in [2.75, 3.05) is 32.9 Å². The largest absolute Gasteiger partial charge is 0.493 e. The number of carbonyl (C=O) groups is 3. The molecule has 2 fully saturated rings. The van der Waals surface area contributed by atoms with Gasteiger partial charge in [0.1, 0.15) is 17.6 Å². The van der Waals surface area contributed by atoms with Gasteiger partial charge >= 0.3 is 0 Å². The standard InChI is InChI=1S/C33H40FN3O5/c34-26-9-11-27(12-10-26)42-19-14-30(38)37-18-13-28-25(23-37)8-4-5-15-33(16-20-41-21-17-33)32(40)36-29(31(39)35-28)22-24-6-2-1-3-7-24/h1-7,9-12,25,28-29H,8,13-23H2,(H,35,39)(H,36,40)/b5-4+/t25-,28+,29-/m1/s1. The number of hydrogen-bond acceptors (Lipinski definition) is 5. The van der Waals surface area contributed by atoms with Gasteiger partial charge in [-0.15, -0.1) is 0 Å². The lowest BCUT2D eigenvalue weighted by Crippen LogP contribution is -2.58. The van der Waals surface area contributed by atoms with E-state index in [2.05, 4.69) is 22.8 Å². The summed E-state index contributed by atoms with van der Waals surface area (Å²) in [5.74, 6) is -0.0644. The van der Waals surface area contributed by atoms with Crippen molar-refractivity contribution in [3.05, 3.63) is 78.1 Å². The van der Waals surface area contributed by atoms with Gasteiger partial charge in [0, 0.05) is 44.7 Å². The van der Waals surface area contributed by atoms with E-state index in [1.54, 1.807) is 12.1 Å². The van der Waals surface area contributed by atoms with Crippen molar-refractivity contribution in [2.24, 2.45) is 11.3 Å². The molecule has 2 saturated heterocycles. The SMILES string of the molecule is O=C1N[C@H]2CCN(C(=O)CCOc3ccc(F)cc3)C[C@H]2C/C=C/CC2(CCOCC2)C(=O)N[C@@H]1Cc1ccccc1. The minimum atomic E-state index is -0.702. The van der Waals surface area contributed by atoms with E-state index in [4.69, 9.17) is 9.47 Å². The average Bonchev–Trinajstić information content (AvgIpc) is 3.01. The van der Waals surface area contributed by atoms with E-state index in [1.165, 1.54) is 12.1 Å². The molecule has 3 amide bonds. The first-order chi connectivity index (χ1) is 20.4. The summed E-state index contributed by atoms with van der Waals surface area (Å²) >= 11 is 0. The number of fused-ring (bicyclic) bond motifs is 1. The number of rotatable bonds is 6. The molecular weight excluding hydrogens is 537 g/mol. The second kappa shape index (κ2) is 14.0. The molecule has 3 heterocycles. The van der Waals surface area contributed by atoms with Crippen molar-refractivity contribution in [3.8, 4) is 5.75 Å². The highest BCUT2D eigenvalue weighted by Gasteiger charge is 2.41. The second-order valence-corrected chi connectivity index (χ2v) is 11.6. The summed E-state index contributed by atoms with van der Waals surface area (Å²) in [6, 6.07) is 14.7. The Morgan fingerprint density at radius 1 is 1.02 bits per heavy atom. The second-order valence-electron chi connectivity index (χ2n) is 11.6. The van der Waals surface area contributed by atoms with Crippen molar-refractivity contribution in [1.29, 1.82) is 0 Å². The van der Waals surface area contributed by atoms with E-state index in [9.17, 15) is 18.8 Å². The Labute approximate surface area is 246 Å². The molecule has 42 heavy (non-hydrogen) atoms. The highest BCUT2D eigenvalue weighted by atomic mass is 19.1. The third-order valence-electron chi connectivity index (χ3n) is 8.76. The van der Waals surface area contributed by atoms with Gasteiger partial charge in [0.05, 0.1) is 18.4 Å². The van der Waals surface area contributed by atoms with Gasteiger partial charge in [-0.25, -0.2) is 4.39 Å².